The number of rotatable bonds is 5. The second-order valence-electron chi connectivity index (χ2n) is 5.27. The van der Waals surface area contributed by atoms with Crippen LogP contribution >= 0.6 is 11.6 Å². The van der Waals surface area contributed by atoms with Crippen molar-refractivity contribution in [2.45, 2.75) is 33.2 Å². The number of hydrogen-bond acceptors (Lipinski definition) is 3. The number of nitrogens with one attached hydrogen (secondary N) is 2. The Hall–Kier alpha value is -1.75. The Balaban J connectivity index is 2.68. The van der Waals surface area contributed by atoms with Crippen LogP contribution in [-0.2, 0) is 9.53 Å². The summed E-state index contributed by atoms with van der Waals surface area (Å²) in [7, 11) is 1.30. The highest BCUT2D eigenvalue weighted by Crippen LogP contribution is 2.19. The summed E-state index contributed by atoms with van der Waals surface area (Å²) in [5, 5.41) is 5.83. The van der Waals surface area contributed by atoms with Crippen LogP contribution in [0.2, 0.25) is 5.02 Å². The second kappa shape index (κ2) is 7.88. The van der Waals surface area contributed by atoms with Gasteiger partial charge in [-0.1, -0.05) is 31.5 Å². The third-order valence-electron chi connectivity index (χ3n) is 2.93. The van der Waals surface area contributed by atoms with Crippen molar-refractivity contribution in [3.8, 4) is 0 Å². The van der Waals surface area contributed by atoms with Gasteiger partial charge in [0.05, 0.1) is 7.11 Å². The number of urea groups is 1. The lowest BCUT2D eigenvalue weighted by atomic mass is 10.0. The summed E-state index contributed by atoms with van der Waals surface area (Å²) in [6.07, 6.45) is 0.509. The fourth-order valence-electron chi connectivity index (χ4n) is 1.82. The maximum Gasteiger partial charge on any atom is 0.328 e. The smallest absolute Gasteiger partial charge is 0.328 e. The Bertz CT molecular complexity index is 518. The monoisotopic (exact) mass is 312 g/mol. The van der Waals surface area contributed by atoms with Crippen molar-refractivity contribution in [2.75, 3.05) is 12.4 Å². The first-order valence-electron chi connectivity index (χ1n) is 6.75. The first kappa shape index (κ1) is 17.3. The fraction of sp³-hybridized carbons (Fsp3) is 0.467. The molecule has 0 aliphatic heterocycles. The Morgan fingerprint density at radius 3 is 2.52 bits per heavy atom. The summed E-state index contributed by atoms with van der Waals surface area (Å²) in [4.78, 5) is 23.6. The van der Waals surface area contributed by atoms with Gasteiger partial charge in [0.15, 0.2) is 0 Å². The largest absolute Gasteiger partial charge is 0.467 e. The highest BCUT2D eigenvalue weighted by atomic mass is 35.5. The number of hydrogen-bond donors (Lipinski definition) is 2. The lowest BCUT2D eigenvalue weighted by molar-refractivity contribution is -0.143. The van der Waals surface area contributed by atoms with Gasteiger partial charge in [-0.2, -0.15) is 0 Å². The highest BCUT2D eigenvalue weighted by Gasteiger charge is 2.22. The third-order valence-corrected chi connectivity index (χ3v) is 3.34. The van der Waals surface area contributed by atoms with E-state index in [2.05, 4.69) is 10.6 Å². The molecule has 0 saturated heterocycles. The number of aryl methyl sites for hydroxylation is 1. The van der Waals surface area contributed by atoms with Crippen LogP contribution in [0.1, 0.15) is 25.8 Å². The molecular weight excluding hydrogens is 292 g/mol. The van der Waals surface area contributed by atoms with Crippen molar-refractivity contribution < 1.29 is 14.3 Å². The van der Waals surface area contributed by atoms with Crippen molar-refractivity contribution in [2.24, 2.45) is 5.92 Å². The molecule has 2 N–H and O–H groups in total. The average Bonchev–Trinajstić information content (AvgIpc) is 2.40. The molecule has 0 aliphatic rings. The number of carbonyl (C=O) groups is 2. The van der Waals surface area contributed by atoms with E-state index in [-0.39, 0.29) is 5.92 Å². The van der Waals surface area contributed by atoms with Gasteiger partial charge >= 0.3 is 12.0 Å². The van der Waals surface area contributed by atoms with Crippen LogP contribution in [0.15, 0.2) is 18.2 Å². The summed E-state index contributed by atoms with van der Waals surface area (Å²) in [6.45, 7) is 5.81. The summed E-state index contributed by atoms with van der Waals surface area (Å²) in [5.41, 5.74) is 1.49. The topological polar surface area (TPSA) is 67.4 Å². The molecule has 0 aromatic heterocycles. The Morgan fingerprint density at radius 2 is 2.00 bits per heavy atom. The minimum Gasteiger partial charge on any atom is -0.467 e. The second-order valence-corrected chi connectivity index (χ2v) is 5.67. The van der Waals surface area contributed by atoms with Crippen LogP contribution in [0.4, 0.5) is 10.5 Å². The SMILES string of the molecule is COC(=O)C(CC(C)C)NC(=O)Nc1ccc(C)c(Cl)c1. The van der Waals surface area contributed by atoms with Gasteiger partial charge in [-0.25, -0.2) is 9.59 Å². The molecule has 0 saturated carbocycles. The number of benzene rings is 1. The molecule has 2 amide bonds. The van der Waals surface area contributed by atoms with Gasteiger partial charge in [0.2, 0.25) is 0 Å². The molecule has 1 rings (SSSR count). The third kappa shape index (κ3) is 5.63. The maximum atomic E-state index is 11.9. The lowest BCUT2D eigenvalue weighted by Crippen LogP contribution is -2.44. The number of anilines is 1. The van der Waals surface area contributed by atoms with Gasteiger partial charge in [-0.3, -0.25) is 0 Å². The number of methoxy groups -OCH3 is 1. The standard InChI is InChI=1S/C15H21ClN2O3/c1-9(2)7-13(14(19)21-4)18-15(20)17-11-6-5-10(3)12(16)8-11/h5-6,8-9,13H,7H2,1-4H3,(H2,17,18,20). The predicted octanol–water partition coefficient (Wildman–Crippen LogP) is 3.36. The van der Waals surface area contributed by atoms with Crippen molar-refractivity contribution >= 4 is 29.3 Å². The Labute approximate surface area is 130 Å². The molecule has 5 nitrogen and oxygen atoms in total. The van der Waals surface area contributed by atoms with Gasteiger partial charge in [0.25, 0.3) is 0 Å². The molecule has 0 heterocycles. The van der Waals surface area contributed by atoms with Crippen molar-refractivity contribution in [3.05, 3.63) is 28.8 Å². The number of carbonyl (C=O) groups excluding carboxylic acids is 2. The van der Waals surface area contributed by atoms with Crippen LogP contribution < -0.4 is 10.6 Å². The van der Waals surface area contributed by atoms with E-state index in [1.807, 2.05) is 26.8 Å². The van der Waals surface area contributed by atoms with E-state index in [0.29, 0.717) is 17.1 Å². The molecule has 6 heteroatoms. The predicted molar refractivity (Wildman–Crippen MR) is 83.6 cm³/mol. The summed E-state index contributed by atoms with van der Waals surface area (Å²) < 4.78 is 4.70. The van der Waals surface area contributed by atoms with Gasteiger partial charge < -0.3 is 15.4 Å². The normalized spacial score (nSPS) is 11.9. The number of ether oxygens (including phenoxy) is 1. The van der Waals surface area contributed by atoms with Crippen LogP contribution in [0.25, 0.3) is 0 Å². The van der Waals surface area contributed by atoms with E-state index in [0.717, 1.165) is 5.56 Å². The molecule has 116 valence electrons. The number of halogens is 1. The van der Waals surface area contributed by atoms with Crippen LogP contribution in [0.3, 0.4) is 0 Å². The van der Waals surface area contributed by atoms with Gasteiger partial charge in [-0.15, -0.1) is 0 Å². The van der Waals surface area contributed by atoms with Crippen molar-refractivity contribution in [3.63, 3.8) is 0 Å². The van der Waals surface area contributed by atoms with Crippen molar-refractivity contribution in [1.29, 1.82) is 0 Å². The van der Waals surface area contributed by atoms with E-state index in [4.69, 9.17) is 16.3 Å². The molecule has 0 bridgehead atoms. The molecule has 21 heavy (non-hydrogen) atoms. The molecule has 1 aromatic rings. The van der Waals surface area contributed by atoms with Gasteiger partial charge in [0, 0.05) is 10.7 Å². The van der Waals surface area contributed by atoms with Gasteiger partial charge in [-0.05, 0) is 37.0 Å². The number of amides is 2. The average molecular weight is 313 g/mol. The zero-order chi connectivity index (χ0) is 16.0. The zero-order valence-electron chi connectivity index (χ0n) is 12.7. The van der Waals surface area contributed by atoms with E-state index in [1.165, 1.54) is 7.11 Å². The van der Waals surface area contributed by atoms with Crippen molar-refractivity contribution in [1.82, 2.24) is 5.32 Å². The minimum absolute atomic E-state index is 0.253. The Kier molecular flexibility index (Phi) is 6.49. The first-order valence-corrected chi connectivity index (χ1v) is 7.12. The fourth-order valence-corrected chi connectivity index (χ4v) is 2.00. The molecule has 1 aromatic carbocycles. The molecule has 1 unspecified atom stereocenters. The summed E-state index contributed by atoms with van der Waals surface area (Å²) in [6, 6.07) is 4.08. The molecule has 0 spiro atoms. The van der Waals surface area contributed by atoms with E-state index < -0.39 is 18.0 Å². The van der Waals surface area contributed by atoms with Crippen LogP contribution in [0.5, 0.6) is 0 Å². The lowest BCUT2D eigenvalue weighted by Gasteiger charge is -2.18. The quantitative estimate of drug-likeness (QED) is 0.819. The first-order chi connectivity index (χ1) is 9.83. The van der Waals surface area contributed by atoms with E-state index >= 15 is 0 Å². The molecular formula is C15H21ClN2O3. The molecule has 0 aliphatic carbocycles. The minimum atomic E-state index is -0.670. The molecule has 0 radical (unpaired) electrons. The summed E-state index contributed by atoms with van der Waals surface area (Å²) >= 11 is 6.00. The highest BCUT2D eigenvalue weighted by molar-refractivity contribution is 6.31. The number of esters is 1. The van der Waals surface area contributed by atoms with E-state index in [1.54, 1.807) is 12.1 Å². The van der Waals surface area contributed by atoms with Gasteiger partial charge in [0.1, 0.15) is 6.04 Å². The van der Waals surface area contributed by atoms with E-state index in [9.17, 15) is 9.59 Å². The molecule has 1 atom stereocenters. The van der Waals surface area contributed by atoms with Crippen LogP contribution in [-0.4, -0.2) is 25.2 Å². The Morgan fingerprint density at radius 1 is 1.33 bits per heavy atom. The maximum absolute atomic E-state index is 11.9. The van der Waals surface area contributed by atoms with Crippen LogP contribution in [0, 0.1) is 12.8 Å². The molecule has 0 fully saturated rings. The summed E-state index contributed by atoms with van der Waals surface area (Å²) in [5.74, 6) is -0.205. The zero-order valence-corrected chi connectivity index (χ0v) is 13.5.